The van der Waals surface area contributed by atoms with Crippen molar-refractivity contribution in [2.45, 2.75) is 50.5 Å². The van der Waals surface area contributed by atoms with Gasteiger partial charge in [-0.05, 0) is 12.8 Å². The molecule has 2 aliphatic rings. The number of carbonyl (C=O) groups excluding carboxylic acids is 1. The van der Waals surface area contributed by atoms with Crippen LogP contribution in [-0.4, -0.2) is 35.4 Å². The molecule has 2 rings (SSSR count). The van der Waals surface area contributed by atoms with E-state index in [1.807, 2.05) is 0 Å². The fourth-order valence-corrected chi connectivity index (χ4v) is 2.30. The summed E-state index contributed by atoms with van der Waals surface area (Å²) in [4.78, 5) is 10.8. The Labute approximate surface area is 77.3 Å². The number of hydrogen-bond donors (Lipinski definition) is 2. The van der Waals surface area contributed by atoms with Crippen LogP contribution in [-0.2, 0) is 9.53 Å². The first-order valence-electron chi connectivity index (χ1n) is 4.78. The molecule has 13 heavy (non-hydrogen) atoms. The van der Waals surface area contributed by atoms with Gasteiger partial charge in [0.2, 0.25) is 0 Å². The second-order valence-electron chi connectivity index (χ2n) is 3.91. The molecular formula is C9H15NO3. The van der Waals surface area contributed by atoms with E-state index in [0.29, 0.717) is 0 Å². The van der Waals surface area contributed by atoms with Gasteiger partial charge in [0.15, 0.2) is 0 Å². The van der Waals surface area contributed by atoms with Crippen LogP contribution in [0, 0.1) is 0 Å². The van der Waals surface area contributed by atoms with E-state index in [1.54, 1.807) is 0 Å². The number of fused-ring (bicyclic) bond motifs is 2. The zero-order chi connectivity index (χ0) is 9.42. The molecule has 2 bridgehead atoms. The lowest BCUT2D eigenvalue weighted by Gasteiger charge is -2.26. The Kier molecular flexibility index (Phi) is 2.26. The molecule has 74 valence electrons. The molecule has 0 aromatic heterocycles. The van der Waals surface area contributed by atoms with Crippen LogP contribution < -0.4 is 5.32 Å². The molecule has 0 radical (unpaired) electrons. The zero-order valence-corrected chi connectivity index (χ0v) is 7.69. The lowest BCUT2D eigenvalue weighted by Crippen LogP contribution is -2.44. The lowest BCUT2D eigenvalue weighted by atomic mass is 10.0. The maximum Gasteiger partial charge on any atom is 0.302 e. The van der Waals surface area contributed by atoms with Crippen LogP contribution in [0.2, 0.25) is 0 Å². The smallest absolute Gasteiger partial charge is 0.302 e. The summed E-state index contributed by atoms with van der Waals surface area (Å²) in [7, 11) is 0. The number of hydrogen-bond acceptors (Lipinski definition) is 4. The highest BCUT2D eigenvalue weighted by molar-refractivity contribution is 5.66. The van der Waals surface area contributed by atoms with Crippen molar-refractivity contribution in [3.8, 4) is 0 Å². The molecule has 0 saturated carbocycles. The van der Waals surface area contributed by atoms with E-state index >= 15 is 0 Å². The van der Waals surface area contributed by atoms with Gasteiger partial charge in [0.25, 0.3) is 0 Å². The molecule has 0 spiro atoms. The second-order valence-corrected chi connectivity index (χ2v) is 3.91. The van der Waals surface area contributed by atoms with Crippen molar-refractivity contribution in [3.05, 3.63) is 0 Å². The molecule has 0 aliphatic carbocycles. The number of esters is 1. The number of piperidine rings is 1. The molecule has 0 aromatic carbocycles. The summed E-state index contributed by atoms with van der Waals surface area (Å²) in [6.45, 7) is 1.43. The summed E-state index contributed by atoms with van der Waals surface area (Å²) < 4.78 is 5.16. The number of nitrogens with one attached hydrogen (secondary N) is 1. The average molecular weight is 185 g/mol. The number of aliphatic hydroxyl groups is 1. The van der Waals surface area contributed by atoms with Gasteiger partial charge in [0.05, 0.1) is 6.10 Å². The van der Waals surface area contributed by atoms with Crippen molar-refractivity contribution in [1.82, 2.24) is 5.32 Å². The SMILES string of the molecule is CC(=O)OC1CC2N[C@H]1CCC2O. The predicted octanol–water partition coefficient (Wildman–Crippen LogP) is -0.197. The van der Waals surface area contributed by atoms with E-state index in [9.17, 15) is 9.90 Å². The van der Waals surface area contributed by atoms with E-state index in [-0.39, 0.29) is 30.3 Å². The third-order valence-corrected chi connectivity index (χ3v) is 2.92. The van der Waals surface area contributed by atoms with Crippen LogP contribution in [0.5, 0.6) is 0 Å². The van der Waals surface area contributed by atoms with Crippen molar-refractivity contribution in [2.24, 2.45) is 0 Å². The van der Waals surface area contributed by atoms with Crippen LogP contribution in [0.1, 0.15) is 26.2 Å². The van der Waals surface area contributed by atoms with Crippen LogP contribution in [0.15, 0.2) is 0 Å². The summed E-state index contributed by atoms with van der Waals surface area (Å²) in [5.41, 5.74) is 0. The molecule has 3 unspecified atom stereocenters. The van der Waals surface area contributed by atoms with Gasteiger partial charge in [-0.2, -0.15) is 0 Å². The topological polar surface area (TPSA) is 58.6 Å². The number of rotatable bonds is 1. The lowest BCUT2D eigenvalue weighted by molar-refractivity contribution is -0.146. The minimum absolute atomic E-state index is 0.0281. The van der Waals surface area contributed by atoms with Crippen molar-refractivity contribution >= 4 is 5.97 Å². The van der Waals surface area contributed by atoms with E-state index in [0.717, 1.165) is 19.3 Å². The Morgan fingerprint density at radius 2 is 2.23 bits per heavy atom. The first-order valence-corrected chi connectivity index (χ1v) is 4.78. The average Bonchev–Trinajstić information content (AvgIpc) is 2.37. The molecule has 2 fully saturated rings. The molecule has 0 amide bonds. The van der Waals surface area contributed by atoms with Crippen molar-refractivity contribution in [3.63, 3.8) is 0 Å². The maximum absolute atomic E-state index is 10.8. The van der Waals surface area contributed by atoms with Crippen LogP contribution in [0.25, 0.3) is 0 Å². The highest BCUT2D eigenvalue weighted by Gasteiger charge is 2.42. The summed E-state index contributed by atoms with van der Waals surface area (Å²) in [6.07, 6.45) is 2.18. The summed E-state index contributed by atoms with van der Waals surface area (Å²) in [5.74, 6) is -0.228. The summed E-state index contributed by atoms with van der Waals surface area (Å²) in [5, 5.41) is 12.8. The largest absolute Gasteiger partial charge is 0.461 e. The van der Waals surface area contributed by atoms with Gasteiger partial charge in [-0.25, -0.2) is 0 Å². The zero-order valence-electron chi connectivity index (χ0n) is 7.69. The Hall–Kier alpha value is -0.610. The molecule has 2 saturated heterocycles. The number of carbonyl (C=O) groups is 1. The molecule has 0 aromatic rings. The Morgan fingerprint density at radius 1 is 1.46 bits per heavy atom. The maximum atomic E-state index is 10.8. The van der Waals surface area contributed by atoms with E-state index < -0.39 is 0 Å². The van der Waals surface area contributed by atoms with Crippen molar-refractivity contribution < 1.29 is 14.6 Å². The Morgan fingerprint density at radius 3 is 2.85 bits per heavy atom. The van der Waals surface area contributed by atoms with E-state index in [2.05, 4.69) is 5.32 Å². The van der Waals surface area contributed by atoms with Gasteiger partial charge in [0.1, 0.15) is 6.10 Å². The number of aliphatic hydroxyl groups excluding tert-OH is 1. The quantitative estimate of drug-likeness (QED) is 0.556. The standard InChI is InChI=1S/C9H15NO3/c1-5(11)13-9-4-7-8(12)3-2-6(9)10-7/h6-10,12H,2-4H2,1H3/t6-,7?,8?,9?/m0/s1. The number of ether oxygens (including phenoxy) is 1. The highest BCUT2D eigenvalue weighted by Crippen LogP contribution is 2.29. The monoisotopic (exact) mass is 185 g/mol. The second kappa shape index (κ2) is 3.27. The Balaban J connectivity index is 1.98. The molecule has 4 heteroatoms. The van der Waals surface area contributed by atoms with Gasteiger partial charge in [0, 0.05) is 25.4 Å². The normalized spacial score (nSPS) is 43.2. The van der Waals surface area contributed by atoms with E-state index in [4.69, 9.17) is 4.74 Å². The predicted molar refractivity (Wildman–Crippen MR) is 46.1 cm³/mol. The van der Waals surface area contributed by atoms with Crippen molar-refractivity contribution in [1.29, 1.82) is 0 Å². The minimum atomic E-state index is -0.267. The van der Waals surface area contributed by atoms with Gasteiger partial charge in [-0.15, -0.1) is 0 Å². The third kappa shape index (κ3) is 1.69. The summed E-state index contributed by atoms with van der Waals surface area (Å²) in [6, 6.07) is 0.389. The third-order valence-electron chi connectivity index (χ3n) is 2.92. The molecule has 4 atom stereocenters. The first kappa shape index (κ1) is 8.97. The molecule has 2 heterocycles. The van der Waals surface area contributed by atoms with Gasteiger partial charge < -0.3 is 15.2 Å². The van der Waals surface area contributed by atoms with Crippen LogP contribution in [0.4, 0.5) is 0 Å². The summed E-state index contributed by atoms with van der Waals surface area (Å²) >= 11 is 0. The fourth-order valence-electron chi connectivity index (χ4n) is 2.30. The molecule has 4 nitrogen and oxygen atoms in total. The first-order chi connectivity index (χ1) is 6.16. The molecular weight excluding hydrogens is 170 g/mol. The molecule has 2 N–H and O–H groups in total. The Bertz CT molecular complexity index is 219. The minimum Gasteiger partial charge on any atom is -0.461 e. The highest BCUT2D eigenvalue weighted by atomic mass is 16.5. The van der Waals surface area contributed by atoms with Crippen LogP contribution in [0.3, 0.4) is 0 Å². The van der Waals surface area contributed by atoms with Gasteiger partial charge in [-0.1, -0.05) is 0 Å². The van der Waals surface area contributed by atoms with Crippen LogP contribution >= 0.6 is 0 Å². The fraction of sp³-hybridized carbons (Fsp3) is 0.889. The molecule has 2 aliphatic heterocycles. The van der Waals surface area contributed by atoms with Crippen molar-refractivity contribution in [2.75, 3.05) is 0 Å². The van der Waals surface area contributed by atoms with Gasteiger partial charge >= 0.3 is 5.97 Å². The van der Waals surface area contributed by atoms with Gasteiger partial charge in [-0.3, -0.25) is 4.79 Å². The van der Waals surface area contributed by atoms with E-state index in [1.165, 1.54) is 6.92 Å².